The fourth-order valence-corrected chi connectivity index (χ4v) is 3.36. The van der Waals surface area contributed by atoms with Crippen LogP contribution < -0.4 is 5.32 Å². The second-order valence-corrected chi connectivity index (χ2v) is 8.21. The van der Waals surface area contributed by atoms with E-state index < -0.39 is 13.0 Å². The van der Waals surface area contributed by atoms with E-state index in [9.17, 15) is 14.6 Å². The number of nitrogens with one attached hydrogen (secondary N) is 1. The maximum absolute atomic E-state index is 13.0. The summed E-state index contributed by atoms with van der Waals surface area (Å²) in [6.07, 6.45) is 4.78. The lowest BCUT2D eigenvalue weighted by Gasteiger charge is -2.23. The number of carbonyl (C=O) groups excluding carboxylic acids is 2. The van der Waals surface area contributed by atoms with Crippen LogP contribution in [0.3, 0.4) is 0 Å². The summed E-state index contributed by atoms with van der Waals surface area (Å²) in [6, 6.07) is 9.23. The topological polar surface area (TPSA) is 66.4 Å². The average molecular weight is 375 g/mol. The first-order valence-electron chi connectivity index (χ1n) is 9.65. The van der Waals surface area contributed by atoms with Gasteiger partial charge < -0.3 is 10.3 Å². The minimum atomic E-state index is -0.538. The van der Waals surface area contributed by atoms with Crippen molar-refractivity contribution < 1.29 is 14.6 Å². The second kappa shape index (κ2) is 10.2. The molecule has 0 bridgehead atoms. The number of Topliss-reactive ketones (excluding diaryl/α,β-unsaturated/α-hetero) is 1. The minimum Gasteiger partial charge on any atom is -0.450 e. The van der Waals surface area contributed by atoms with Crippen LogP contribution in [-0.2, 0) is 16.0 Å². The SMILES string of the molecule is CB(O)C(CC(=O)C(Cc1ccccc1)NC(=O)C(C)CP)CC1CC1. The molecule has 0 radical (unpaired) electrons. The molecule has 4 atom stereocenters. The molecular formula is C20H31BNO3P. The highest BCUT2D eigenvalue weighted by Gasteiger charge is 2.33. The van der Waals surface area contributed by atoms with E-state index in [0.29, 0.717) is 24.9 Å². The molecule has 26 heavy (non-hydrogen) atoms. The molecule has 2 N–H and O–H groups in total. The zero-order valence-corrected chi connectivity index (χ0v) is 17.0. The summed E-state index contributed by atoms with van der Waals surface area (Å²) in [5, 5.41) is 13.0. The van der Waals surface area contributed by atoms with Gasteiger partial charge in [-0.3, -0.25) is 9.59 Å². The summed E-state index contributed by atoms with van der Waals surface area (Å²) < 4.78 is 0. The van der Waals surface area contributed by atoms with Crippen molar-refractivity contribution in [1.82, 2.24) is 5.32 Å². The normalized spacial score (nSPS) is 17.2. The molecular weight excluding hydrogens is 344 g/mol. The van der Waals surface area contributed by atoms with Gasteiger partial charge in [-0.05, 0) is 29.9 Å². The van der Waals surface area contributed by atoms with Gasteiger partial charge in [0.2, 0.25) is 5.91 Å². The van der Waals surface area contributed by atoms with Crippen molar-refractivity contribution >= 4 is 27.8 Å². The van der Waals surface area contributed by atoms with Crippen molar-refractivity contribution in [2.45, 2.75) is 57.7 Å². The molecule has 1 aromatic rings. The van der Waals surface area contributed by atoms with Gasteiger partial charge >= 0.3 is 0 Å². The first-order chi connectivity index (χ1) is 12.4. The number of hydrogen-bond donors (Lipinski definition) is 2. The van der Waals surface area contributed by atoms with Crippen LogP contribution in [0.4, 0.5) is 0 Å². The van der Waals surface area contributed by atoms with Crippen LogP contribution in [0.1, 0.15) is 38.2 Å². The van der Waals surface area contributed by atoms with Gasteiger partial charge in [0.25, 0.3) is 6.92 Å². The van der Waals surface area contributed by atoms with E-state index in [1.165, 1.54) is 12.8 Å². The molecule has 1 aliphatic carbocycles. The van der Waals surface area contributed by atoms with Crippen LogP contribution in [-0.4, -0.2) is 35.8 Å². The van der Waals surface area contributed by atoms with E-state index in [-0.39, 0.29) is 23.4 Å². The molecule has 1 saturated carbocycles. The quantitative estimate of drug-likeness (QED) is 0.462. The predicted molar refractivity (Wildman–Crippen MR) is 110 cm³/mol. The molecule has 0 aliphatic heterocycles. The summed E-state index contributed by atoms with van der Waals surface area (Å²) in [5.41, 5.74) is 1.03. The Morgan fingerprint density at radius 2 is 1.96 bits per heavy atom. The fraction of sp³-hybridized carbons (Fsp3) is 0.600. The van der Waals surface area contributed by atoms with Crippen LogP contribution in [0.15, 0.2) is 30.3 Å². The fourth-order valence-electron chi connectivity index (χ4n) is 3.15. The molecule has 1 amide bonds. The number of amides is 1. The Labute approximate surface area is 159 Å². The predicted octanol–water partition coefficient (Wildman–Crippen LogP) is 2.97. The molecule has 0 heterocycles. The molecule has 1 aromatic carbocycles. The van der Waals surface area contributed by atoms with Gasteiger partial charge in [0, 0.05) is 12.3 Å². The van der Waals surface area contributed by atoms with Crippen molar-refractivity contribution in [2.24, 2.45) is 11.8 Å². The summed E-state index contributed by atoms with van der Waals surface area (Å²) in [5.74, 6) is 0.408. The Balaban J connectivity index is 2.06. The van der Waals surface area contributed by atoms with Crippen LogP contribution >= 0.6 is 9.24 Å². The third kappa shape index (κ3) is 6.85. The lowest BCUT2D eigenvalue weighted by Crippen LogP contribution is -2.45. The largest absolute Gasteiger partial charge is 0.450 e. The number of ketones is 1. The molecule has 0 spiro atoms. The Hall–Kier alpha value is -1.19. The van der Waals surface area contributed by atoms with Gasteiger partial charge in [-0.25, -0.2) is 0 Å². The van der Waals surface area contributed by atoms with Crippen LogP contribution in [0.25, 0.3) is 0 Å². The van der Waals surface area contributed by atoms with Gasteiger partial charge in [0.1, 0.15) is 0 Å². The number of carbonyl (C=O) groups is 2. The second-order valence-electron chi connectivity index (χ2n) is 7.74. The lowest BCUT2D eigenvalue weighted by molar-refractivity contribution is -0.129. The highest BCUT2D eigenvalue weighted by atomic mass is 31.0. The van der Waals surface area contributed by atoms with E-state index >= 15 is 0 Å². The van der Waals surface area contributed by atoms with Gasteiger partial charge in [0.05, 0.1) is 6.04 Å². The molecule has 1 fully saturated rings. The smallest absolute Gasteiger partial charge is 0.289 e. The van der Waals surface area contributed by atoms with Crippen LogP contribution in [0.5, 0.6) is 0 Å². The molecule has 1 aliphatic rings. The first kappa shape index (κ1) is 21.1. The van der Waals surface area contributed by atoms with Crippen molar-refractivity contribution in [3.63, 3.8) is 0 Å². The Morgan fingerprint density at radius 1 is 1.31 bits per heavy atom. The summed E-state index contributed by atoms with van der Waals surface area (Å²) in [6.45, 7) is 3.12. The monoisotopic (exact) mass is 375 g/mol. The maximum Gasteiger partial charge on any atom is 0.289 e. The van der Waals surface area contributed by atoms with E-state index in [4.69, 9.17) is 0 Å². The van der Waals surface area contributed by atoms with Crippen molar-refractivity contribution in [2.75, 3.05) is 6.16 Å². The molecule has 0 aromatic heterocycles. The van der Waals surface area contributed by atoms with Crippen LogP contribution in [0, 0.1) is 11.8 Å². The number of rotatable bonds is 11. The van der Waals surface area contributed by atoms with Crippen molar-refractivity contribution in [3.05, 3.63) is 35.9 Å². The van der Waals surface area contributed by atoms with Crippen molar-refractivity contribution in [1.29, 1.82) is 0 Å². The molecule has 4 unspecified atom stereocenters. The van der Waals surface area contributed by atoms with E-state index in [1.807, 2.05) is 37.3 Å². The van der Waals surface area contributed by atoms with E-state index in [0.717, 1.165) is 12.0 Å². The molecule has 4 nitrogen and oxygen atoms in total. The zero-order chi connectivity index (χ0) is 19.1. The van der Waals surface area contributed by atoms with Gasteiger partial charge in [-0.1, -0.05) is 63.3 Å². The number of benzene rings is 1. The molecule has 6 heteroatoms. The highest BCUT2D eigenvalue weighted by molar-refractivity contribution is 7.16. The highest BCUT2D eigenvalue weighted by Crippen LogP contribution is 2.39. The Bertz CT molecular complexity index is 592. The summed E-state index contributed by atoms with van der Waals surface area (Å²) in [7, 11) is 2.57. The lowest BCUT2D eigenvalue weighted by atomic mass is 9.55. The Morgan fingerprint density at radius 3 is 2.50 bits per heavy atom. The molecule has 142 valence electrons. The number of hydrogen-bond acceptors (Lipinski definition) is 3. The Kier molecular flexibility index (Phi) is 8.31. The minimum absolute atomic E-state index is 0.0182. The third-order valence-corrected chi connectivity index (χ3v) is 5.97. The molecule has 2 rings (SSSR count). The average Bonchev–Trinajstić information content (AvgIpc) is 3.44. The van der Waals surface area contributed by atoms with Gasteiger partial charge in [0.15, 0.2) is 5.78 Å². The van der Waals surface area contributed by atoms with Crippen molar-refractivity contribution in [3.8, 4) is 0 Å². The first-order valence-corrected chi connectivity index (χ1v) is 10.5. The zero-order valence-electron chi connectivity index (χ0n) is 15.9. The van der Waals surface area contributed by atoms with Gasteiger partial charge in [-0.2, -0.15) is 0 Å². The van der Waals surface area contributed by atoms with Crippen LogP contribution in [0.2, 0.25) is 12.6 Å². The van der Waals surface area contributed by atoms with E-state index in [2.05, 4.69) is 14.6 Å². The standard InChI is InChI=1S/C20H31BNO3P/c1-14(13-26)20(24)22-18(11-15-6-4-3-5-7-15)19(23)12-17(21(2)25)10-16-8-9-16/h3-7,14,16-18,25H,8-13,26H2,1-2H3,(H,22,24). The molecule has 0 saturated heterocycles. The maximum atomic E-state index is 13.0. The summed E-state index contributed by atoms with van der Waals surface area (Å²) >= 11 is 0. The third-order valence-electron chi connectivity index (χ3n) is 5.27. The summed E-state index contributed by atoms with van der Waals surface area (Å²) in [4.78, 5) is 25.3. The van der Waals surface area contributed by atoms with E-state index in [1.54, 1.807) is 6.82 Å². The van der Waals surface area contributed by atoms with Gasteiger partial charge in [-0.15, -0.1) is 9.24 Å².